The van der Waals surface area contributed by atoms with Gasteiger partial charge in [-0.3, -0.25) is 0 Å². The molecule has 0 atom stereocenters. The molecule has 3 N–H and O–H groups in total. The highest BCUT2D eigenvalue weighted by Crippen LogP contribution is 2.15. The Balaban J connectivity index is 2.20. The molecule has 7 heteroatoms. The van der Waals surface area contributed by atoms with Gasteiger partial charge in [0, 0.05) is 18.3 Å². The van der Waals surface area contributed by atoms with Crippen molar-refractivity contribution in [1.29, 1.82) is 0 Å². The van der Waals surface area contributed by atoms with E-state index in [9.17, 15) is 12.8 Å². The second-order valence-electron chi connectivity index (χ2n) is 3.80. The predicted octanol–water partition coefficient (Wildman–Crippen LogP) is 1.28. The van der Waals surface area contributed by atoms with Gasteiger partial charge in [-0.05, 0) is 18.2 Å². The fraction of sp³-hybridized carbons (Fsp3) is 0.0833. The monoisotopic (exact) mass is 281 g/mol. The number of halogens is 1. The van der Waals surface area contributed by atoms with E-state index in [1.165, 1.54) is 36.5 Å². The van der Waals surface area contributed by atoms with E-state index in [0.717, 1.165) is 0 Å². The van der Waals surface area contributed by atoms with Gasteiger partial charge in [0.05, 0.1) is 0 Å². The lowest BCUT2D eigenvalue weighted by Crippen LogP contribution is -2.24. The van der Waals surface area contributed by atoms with Gasteiger partial charge in [-0.1, -0.05) is 18.2 Å². The van der Waals surface area contributed by atoms with Crippen molar-refractivity contribution in [3.05, 3.63) is 54.0 Å². The maximum Gasteiger partial charge on any atom is 0.244 e. The average Bonchev–Trinajstić information content (AvgIpc) is 2.38. The zero-order chi connectivity index (χ0) is 13.9. The minimum atomic E-state index is -3.81. The molecule has 0 radical (unpaired) electrons. The van der Waals surface area contributed by atoms with Gasteiger partial charge in [-0.2, -0.15) is 0 Å². The Hall–Kier alpha value is -1.99. The molecule has 0 fully saturated rings. The number of anilines is 1. The van der Waals surface area contributed by atoms with Crippen LogP contribution in [0.5, 0.6) is 0 Å². The quantitative estimate of drug-likeness (QED) is 0.884. The van der Waals surface area contributed by atoms with E-state index in [0.29, 0.717) is 0 Å². The summed E-state index contributed by atoms with van der Waals surface area (Å²) in [6.07, 6.45) is 1.39. The summed E-state index contributed by atoms with van der Waals surface area (Å²) in [5.74, 6) is -0.562. The SMILES string of the molecule is Nc1ncccc1S(=O)(=O)NCc1ccccc1F. The normalized spacial score (nSPS) is 11.4. The highest BCUT2D eigenvalue weighted by atomic mass is 32.2. The first-order chi connectivity index (χ1) is 9.00. The van der Waals surface area contributed by atoms with Gasteiger partial charge in [0.1, 0.15) is 16.5 Å². The van der Waals surface area contributed by atoms with E-state index < -0.39 is 15.8 Å². The number of aromatic nitrogens is 1. The summed E-state index contributed by atoms with van der Waals surface area (Å²) in [6.45, 7) is -0.149. The van der Waals surface area contributed by atoms with Gasteiger partial charge in [0.25, 0.3) is 0 Å². The summed E-state index contributed by atoms with van der Waals surface area (Å²) in [5.41, 5.74) is 5.76. The number of hydrogen-bond donors (Lipinski definition) is 2. The summed E-state index contributed by atoms with van der Waals surface area (Å²) in [6, 6.07) is 8.74. The van der Waals surface area contributed by atoms with Gasteiger partial charge in [0.15, 0.2) is 0 Å². The number of pyridine rings is 1. The molecule has 1 heterocycles. The van der Waals surface area contributed by atoms with E-state index in [-0.39, 0.29) is 22.8 Å². The average molecular weight is 281 g/mol. The van der Waals surface area contributed by atoms with Gasteiger partial charge in [-0.25, -0.2) is 22.5 Å². The zero-order valence-electron chi connectivity index (χ0n) is 9.88. The standard InChI is InChI=1S/C12H12FN3O2S/c13-10-5-2-1-4-9(10)8-16-19(17,18)11-6-3-7-15-12(11)14/h1-7,16H,8H2,(H2,14,15). The Morgan fingerprint density at radius 1 is 1.21 bits per heavy atom. The molecular weight excluding hydrogens is 269 g/mol. The molecule has 5 nitrogen and oxygen atoms in total. The smallest absolute Gasteiger partial charge is 0.244 e. The third-order valence-electron chi connectivity index (χ3n) is 2.50. The second-order valence-corrected chi connectivity index (χ2v) is 5.54. The Bertz CT molecular complexity index is 689. The molecule has 0 aliphatic heterocycles. The molecule has 0 amide bonds. The number of nitrogens with two attached hydrogens (primary N) is 1. The van der Waals surface area contributed by atoms with Crippen LogP contribution >= 0.6 is 0 Å². The molecule has 1 aromatic heterocycles. The molecule has 2 aromatic rings. The molecule has 0 unspecified atom stereocenters. The van der Waals surface area contributed by atoms with E-state index in [4.69, 9.17) is 5.73 Å². The van der Waals surface area contributed by atoms with Crippen molar-refractivity contribution in [2.24, 2.45) is 0 Å². The first kappa shape index (κ1) is 13.4. The number of hydrogen-bond acceptors (Lipinski definition) is 4. The minimum absolute atomic E-state index is 0.0940. The minimum Gasteiger partial charge on any atom is -0.383 e. The lowest BCUT2D eigenvalue weighted by Gasteiger charge is -2.08. The van der Waals surface area contributed by atoms with Gasteiger partial charge in [-0.15, -0.1) is 0 Å². The topological polar surface area (TPSA) is 85.1 Å². The summed E-state index contributed by atoms with van der Waals surface area (Å²) in [7, 11) is -3.81. The van der Waals surface area contributed by atoms with Gasteiger partial charge >= 0.3 is 0 Å². The third-order valence-corrected chi connectivity index (χ3v) is 3.95. The molecule has 0 aliphatic rings. The van der Waals surface area contributed by atoms with Crippen LogP contribution in [0.1, 0.15) is 5.56 Å². The molecule has 0 saturated carbocycles. The summed E-state index contributed by atoms with van der Waals surface area (Å²) >= 11 is 0. The van der Waals surface area contributed by atoms with Crippen LogP contribution in [0.2, 0.25) is 0 Å². The van der Waals surface area contributed by atoms with Crippen molar-refractivity contribution >= 4 is 15.8 Å². The Kier molecular flexibility index (Phi) is 3.77. The van der Waals surface area contributed by atoms with E-state index >= 15 is 0 Å². The first-order valence-electron chi connectivity index (χ1n) is 5.44. The van der Waals surface area contributed by atoms with Crippen molar-refractivity contribution in [1.82, 2.24) is 9.71 Å². The molecule has 100 valence electrons. The van der Waals surface area contributed by atoms with Crippen LogP contribution in [-0.2, 0) is 16.6 Å². The second kappa shape index (κ2) is 5.33. The van der Waals surface area contributed by atoms with Crippen LogP contribution in [-0.4, -0.2) is 13.4 Å². The number of nitrogens with one attached hydrogen (secondary N) is 1. The fourth-order valence-corrected chi connectivity index (χ4v) is 2.61. The number of benzene rings is 1. The number of sulfonamides is 1. The highest BCUT2D eigenvalue weighted by molar-refractivity contribution is 7.89. The van der Waals surface area contributed by atoms with Crippen molar-refractivity contribution < 1.29 is 12.8 Å². The van der Waals surface area contributed by atoms with Crippen LogP contribution in [0.25, 0.3) is 0 Å². The van der Waals surface area contributed by atoms with Crippen LogP contribution < -0.4 is 10.5 Å². The lowest BCUT2D eigenvalue weighted by atomic mass is 10.2. The van der Waals surface area contributed by atoms with E-state index in [2.05, 4.69) is 9.71 Å². The third kappa shape index (κ3) is 3.07. The Labute approximate surface area is 110 Å². The first-order valence-corrected chi connectivity index (χ1v) is 6.92. The molecule has 2 rings (SSSR count). The van der Waals surface area contributed by atoms with Crippen LogP contribution in [0.4, 0.5) is 10.2 Å². The van der Waals surface area contributed by atoms with Crippen LogP contribution in [0.15, 0.2) is 47.5 Å². The Morgan fingerprint density at radius 3 is 2.63 bits per heavy atom. The maximum absolute atomic E-state index is 13.4. The maximum atomic E-state index is 13.4. The van der Waals surface area contributed by atoms with Crippen molar-refractivity contribution in [3.63, 3.8) is 0 Å². The summed E-state index contributed by atoms with van der Waals surface area (Å²) in [4.78, 5) is 3.58. The lowest BCUT2D eigenvalue weighted by molar-refractivity contribution is 0.574. The number of nitrogens with zero attached hydrogens (tertiary/aromatic N) is 1. The number of rotatable bonds is 4. The highest BCUT2D eigenvalue weighted by Gasteiger charge is 2.17. The molecule has 0 bridgehead atoms. The van der Waals surface area contributed by atoms with Crippen molar-refractivity contribution in [2.45, 2.75) is 11.4 Å². The van der Waals surface area contributed by atoms with E-state index in [1.54, 1.807) is 6.07 Å². The van der Waals surface area contributed by atoms with Crippen molar-refractivity contribution in [3.8, 4) is 0 Å². The molecule has 0 saturated heterocycles. The molecule has 19 heavy (non-hydrogen) atoms. The number of nitrogen functional groups attached to an aromatic ring is 1. The van der Waals surface area contributed by atoms with Gasteiger partial charge < -0.3 is 5.73 Å². The molecule has 1 aromatic carbocycles. The van der Waals surface area contributed by atoms with Crippen LogP contribution in [0, 0.1) is 5.82 Å². The van der Waals surface area contributed by atoms with E-state index in [1.807, 2.05) is 0 Å². The predicted molar refractivity (Wildman–Crippen MR) is 69.1 cm³/mol. The fourth-order valence-electron chi connectivity index (χ4n) is 1.52. The molecule has 0 spiro atoms. The molecule has 0 aliphatic carbocycles. The van der Waals surface area contributed by atoms with Crippen molar-refractivity contribution in [2.75, 3.05) is 5.73 Å². The largest absolute Gasteiger partial charge is 0.383 e. The summed E-state index contributed by atoms with van der Waals surface area (Å²) in [5, 5.41) is 0. The van der Waals surface area contributed by atoms with Gasteiger partial charge in [0.2, 0.25) is 10.0 Å². The zero-order valence-corrected chi connectivity index (χ0v) is 10.7. The Morgan fingerprint density at radius 2 is 1.95 bits per heavy atom. The van der Waals surface area contributed by atoms with Crippen LogP contribution in [0.3, 0.4) is 0 Å². The summed E-state index contributed by atoms with van der Waals surface area (Å²) < 4.78 is 39.6. The molecular formula is C12H12FN3O2S.